The smallest absolute Gasteiger partial charge is 0.209 e. The van der Waals surface area contributed by atoms with Gasteiger partial charge in [0.1, 0.15) is 11.9 Å². The number of pyridine rings is 1. The van der Waals surface area contributed by atoms with E-state index in [0.29, 0.717) is 17.9 Å². The third-order valence-corrected chi connectivity index (χ3v) is 4.30. The van der Waals surface area contributed by atoms with Gasteiger partial charge in [0.05, 0.1) is 11.8 Å². The molecule has 114 valence electrons. The average Bonchev–Trinajstić information content (AvgIpc) is 2.36. The van der Waals surface area contributed by atoms with Gasteiger partial charge in [0, 0.05) is 24.8 Å². The van der Waals surface area contributed by atoms with Gasteiger partial charge in [0.15, 0.2) is 0 Å². The highest BCUT2D eigenvalue weighted by Crippen LogP contribution is 2.25. The van der Waals surface area contributed by atoms with Crippen LogP contribution < -0.4 is 9.62 Å². The summed E-state index contributed by atoms with van der Waals surface area (Å²) in [6.45, 7) is 5.12. The van der Waals surface area contributed by atoms with Crippen molar-refractivity contribution >= 4 is 15.8 Å². The molecule has 2 heterocycles. The molecule has 1 fully saturated rings. The summed E-state index contributed by atoms with van der Waals surface area (Å²) in [4.78, 5) is 6.49. The van der Waals surface area contributed by atoms with Crippen LogP contribution in [0.5, 0.6) is 0 Å². The summed E-state index contributed by atoms with van der Waals surface area (Å²) >= 11 is 0. The predicted molar refractivity (Wildman–Crippen MR) is 81.6 cm³/mol. The molecule has 6 nitrogen and oxygen atoms in total. The van der Waals surface area contributed by atoms with E-state index < -0.39 is 10.0 Å². The first kappa shape index (κ1) is 15.7. The zero-order chi connectivity index (χ0) is 15.6. The summed E-state index contributed by atoms with van der Waals surface area (Å²) in [6, 6.07) is 3.96. The van der Waals surface area contributed by atoms with Gasteiger partial charge in [-0.3, -0.25) is 0 Å². The maximum Gasteiger partial charge on any atom is 0.209 e. The van der Waals surface area contributed by atoms with Crippen LogP contribution >= 0.6 is 0 Å². The molecule has 0 amide bonds. The van der Waals surface area contributed by atoms with Crippen molar-refractivity contribution in [3.8, 4) is 6.07 Å². The van der Waals surface area contributed by atoms with E-state index >= 15 is 0 Å². The van der Waals surface area contributed by atoms with Gasteiger partial charge in [0.25, 0.3) is 0 Å². The number of nitriles is 1. The van der Waals surface area contributed by atoms with Crippen molar-refractivity contribution in [1.82, 2.24) is 9.71 Å². The molecule has 1 saturated heterocycles. The van der Waals surface area contributed by atoms with Crippen molar-refractivity contribution in [2.75, 3.05) is 24.2 Å². The van der Waals surface area contributed by atoms with Crippen LogP contribution in [-0.2, 0) is 10.0 Å². The van der Waals surface area contributed by atoms with E-state index in [4.69, 9.17) is 0 Å². The van der Waals surface area contributed by atoms with Crippen molar-refractivity contribution in [3.63, 3.8) is 0 Å². The first-order chi connectivity index (χ1) is 9.80. The monoisotopic (exact) mass is 308 g/mol. The van der Waals surface area contributed by atoms with E-state index in [1.165, 1.54) is 6.26 Å². The number of nitrogens with zero attached hydrogens (tertiary/aromatic N) is 3. The van der Waals surface area contributed by atoms with Crippen molar-refractivity contribution < 1.29 is 8.42 Å². The Labute approximate surface area is 125 Å². The van der Waals surface area contributed by atoms with E-state index in [1.54, 1.807) is 0 Å². The summed E-state index contributed by atoms with van der Waals surface area (Å²) in [6.07, 6.45) is 2.84. The third-order valence-electron chi connectivity index (χ3n) is 3.54. The highest BCUT2D eigenvalue weighted by molar-refractivity contribution is 7.88. The Morgan fingerprint density at radius 3 is 2.81 bits per heavy atom. The van der Waals surface area contributed by atoms with Crippen LogP contribution in [-0.4, -0.2) is 38.8 Å². The summed E-state index contributed by atoms with van der Waals surface area (Å²) in [5.74, 6) is 0.662. The highest BCUT2D eigenvalue weighted by Gasteiger charge is 2.25. The van der Waals surface area contributed by atoms with Gasteiger partial charge in [-0.2, -0.15) is 5.26 Å². The average molecular weight is 308 g/mol. The molecule has 0 unspecified atom stereocenters. The quantitative estimate of drug-likeness (QED) is 0.903. The van der Waals surface area contributed by atoms with E-state index in [1.807, 2.05) is 24.8 Å². The minimum atomic E-state index is -3.22. The Morgan fingerprint density at radius 1 is 1.48 bits per heavy atom. The predicted octanol–water partition coefficient (Wildman–Crippen LogP) is 1.09. The van der Waals surface area contributed by atoms with Crippen LogP contribution in [0.25, 0.3) is 0 Å². The molecule has 1 aliphatic rings. The van der Waals surface area contributed by atoms with Gasteiger partial charge in [0.2, 0.25) is 10.0 Å². The Kier molecular flexibility index (Phi) is 4.49. The largest absolute Gasteiger partial charge is 0.354 e. The summed E-state index contributed by atoms with van der Waals surface area (Å²) in [5, 5.41) is 9.34. The van der Waals surface area contributed by atoms with Gasteiger partial charge >= 0.3 is 0 Å². The van der Waals surface area contributed by atoms with Gasteiger partial charge < -0.3 is 4.90 Å². The van der Waals surface area contributed by atoms with E-state index in [0.717, 1.165) is 30.6 Å². The summed E-state index contributed by atoms with van der Waals surface area (Å²) in [5.41, 5.74) is 2.33. The molecule has 0 bridgehead atoms. The minimum absolute atomic E-state index is 0.136. The lowest BCUT2D eigenvalue weighted by molar-refractivity contribution is 0.465. The molecule has 21 heavy (non-hydrogen) atoms. The number of hydrogen-bond acceptors (Lipinski definition) is 5. The molecule has 0 aromatic carbocycles. The number of nitrogens with one attached hydrogen (secondary N) is 1. The van der Waals surface area contributed by atoms with E-state index in [2.05, 4.69) is 15.8 Å². The molecular formula is C14H20N4O2S. The van der Waals surface area contributed by atoms with Gasteiger partial charge in [-0.25, -0.2) is 18.1 Å². The molecule has 2 rings (SSSR count). The molecule has 1 N–H and O–H groups in total. The fourth-order valence-corrected chi connectivity index (χ4v) is 3.55. The topological polar surface area (TPSA) is 86.1 Å². The zero-order valence-corrected chi connectivity index (χ0v) is 13.4. The molecule has 0 saturated carbocycles. The second-order valence-electron chi connectivity index (χ2n) is 5.57. The Morgan fingerprint density at radius 2 is 2.19 bits per heavy atom. The number of piperidine rings is 1. The lowest BCUT2D eigenvalue weighted by Crippen LogP contribution is -2.48. The first-order valence-corrected chi connectivity index (χ1v) is 8.80. The number of anilines is 1. The van der Waals surface area contributed by atoms with Crippen molar-refractivity contribution in [2.45, 2.75) is 32.7 Å². The maximum atomic E-state index is 11.4. The SMILES string of the molecule is Cc1cc(C)c(C#N)c(N2CCC[C@H](NS(C)(=O)=O)C2)n1. The van der Waals surface area contributed by atoms with Crippen molar-refractivity contribution in [2.24, 2.45) is 0 Å². The van der Waals surface area contributed by atoms with Crippen molar-refractivity contribution in [1.29, 1.82) is 5.26 Å². The van der Waals surface area contributed by atoms with E-state index in [9.17, 15) is 13.7 Å². The second kappa shape index (κ2) is 6.00. The number of aryl methyl sites for hydroxylation is 2. The molecule has 1 aromatic rings. The minimum Gasteiger partial charge on any atom is -0.354 e. The second-order valence-corrected chi connectivity index (χ2v) is 7.35. The van der Waals surface area contributed by atoms with Gasteiger partial charge in [-0.05, 0) is 38.3 Å². The van der Waals surface area contributed by atoms with Crippen LogP contribution in [0.1, 0.15) is 29.7 Å². The van der Waals surface area contributed by atoms with E-state index in [-0.39, 0.29) is 6.04 Å². The fourth-order valence-electron chi connectivity index (χ4n) is 2.75. The highest BCUT2D eigenvalue weighted by atomic mass is 32.2. The summed E-state index contributed by atoms with van der Waals surface area (Å²) < 4.78 is 25.4. The first-order valence-electron chi connectivity index (χ1n) is 6.91. The molecule has 0 spiro atoms. The molecule has 7 heteroatoms. The molecule has 1 atom stereocenters. The molecule has 1 aliphatic heterocycles. The molecule has 0 aliphatic carbocycles. The fraction of sp³-hybridized carbons (Fsp3) is 0.571. The summed E-state index contributed by atoms with van der Waals surface area (Å²) in [7, 11) is -3.22. The van der Waals surface area contributed by atoms with Crippen molar-refractivity contribution in [3.05, 3.63) is 22.9 Å². The third kappa shape index (κ3) is 3.93. The number of sulfonamides is 1. The Bertz CT molecular complexity index is 679. The van der Waals surface area contributed by atoms with Crippen LogP contribution in [0.15, 0.2) is 6.07 Å². The number of hydrogen-bond donors (Lipinski definition) is 1. The lowest BCUT2D eigenvalue weighted by Gasteiger charge is -2.34. The normalized spacial score (nSPS) is 19.3. The molecule has 1 aromatic heterocycles. The van der Waals surface area contributed by atoms with Crippen LogP contribution in [0.3, 0.4) is 0 Å². The standard InChI is InChI=1S/C14H20N4O2S/c1-10-7-11(2)16-14(13(10)8-15)18-6-4-5-12(9-18)17-21(3,19)20/h7,12,17H,4-6,9H2,1-3H3/t12-/m0/s1. The maximum absolute atomic E-state index is 11.4. The van der Waals surface area contributed by atoms with Gasteiger partial charge in [-0.1, -0.05) is 0 Å². The van der Waals surface area contributed by atoms with Crippen LogP contribution in [0.2, 0.25) is 0 Å². The Hall–Kier alpha value is -1.65. The zero-order valence-electron chi connectivity index (χ0n) is 12.5. The van der Waals surface area contributed by atoms with Crippen LogP contribution in [0.4, 0.5) is 5.82 Å². The van der Waals surface area contributed by atoms with Gasteiger partial charge in [-0.15, -0.1) is 0 Å². The number of aromatic nitrogens is 1. The lowest BCUT2D eigenvalue weighted by atomic mass is 10.0. The van der Waals surface area contributed by atoms with Crippen LogP contribution in [0, 0.1) is 25.2 Å². The molecule has 0 radical (unpaired) electrons. The molecular weight excluding hydrogens is 288 g/mol. The number of rotatable bonds is 3. The Balaban J connectivity index is 2.28.